The molecule has 0 saturated carbocycles. The number of rotatable bonds is 6. The molecule has 2 rings (SSSR count). The minimum Gasteiger partial charge on any atom is -0.396 e. The molecule has 2 heterocycles. The van der Waals surface area contributed by atoms with Gasteiger partial charge in [0.2, 0.25) is 0 Å². The topological polar surface area (TPSA) is 50.5 Å². The zero-order valence-electron chi connectivity index (χ0n) is 11.1. The highest BCUT2D eigenvalue weighted by Crippen LogP contribution is 2.15. The van der Waals surface area contributed by atoms with E-state index in [9.17, 15) is 0 Å². The summed E-state index contributed by atoms with van der Waals surface area (Å²) in [7, 11) is 2.03. The molecule has 0 bridgehead atoms. The molecule has 0 atom stereocenters. The van der Waals surface area contributed by atoms with Gasteiger partial charge in [-0.15, -0.1) is 0 Å². The molecule has 102 valence electrons. The second kappa shape index (κ2) is 6.87. The molecular weight excluding hydrogens is 230 g/mol. The number of piperidine rings is 1. The third-order valence-electron chi connectivity index (χ3n) is 3.48. The van der Waals surface area contributed by atoms with Crippen LogP contribution in [0.1, 0.15) is 25.1 Å². The van der Waals surface area contributed by atoms with Crippen molar-refractivity contribution >= 4 is 0 Å². The summed E-state index contributed by atoms with van der Waals surface area (Å²) in [6, 6.07) is 0. The average Bonchev–Trinajstić information content (AvgIpc) is 2.78. The number of hydrogen-bond acceptors (Lipinski definition) is 4. The highest BCUT2D eigenvalue weighted by molar-refractivity contribution is 4.91. The maximum Gasteiger partial charge on any atom is 0.122 e. The summed E-state index contributed by atoms with van der Waals surface area (Å²) in [5, 5.41) is 8.71. The minimum absolute atomic E-state index is 0.220. The molecule has 0 radical (unpaired) electrons. The van der Waals surface area contributed by atoms with Crippen LogP contribution >= 0.6 is 0 Å². The standard InChI is InChI=1S/C13H23N3O2/c1-15-8-5-14-13(15)11-16-6-3-12(4-7-16)18-10-2-9-17/h5,8,12,17H,2-4,6-7,9-11H2,1H3. The van der Waals surface area contributed by atoms with Crippen molar-refractivity contribution in [1.82, 2.24) is 14.5 Å². The van der Waals surface area contributed by atoms with E-state index in [2.05, 4.69) is 14.5 Å². The lowest BCUT2D eigenvalue weighted by atomic mass is 10.1. The maximum absolute atomic E-state index is 8.71. The van der Waals surface area contributed by atoms with Crippen LogP contribution in [-0.4, -0.2) is 52.0 Å². The Labute approximate surface area is 108 Å². The Hall–Kier alpha value is -0.910. The summed E-state index contributed by atoms with van der Waals surface area (Å²) in [6.07, 6.45) is 7.11. The molecule has 1 aliphatic heterocycles. The van der Waals surface area contributed by atoms with Crippen molar-refractivity contribution in [3.63, 3.8) is 0 Å². The summed E-state index contributed by atoms with van der Waals surface area (Å²) in [5.41, 5.74) is 0. The monoisotopic (exact) mass is 253 g/mol. The summed E-state index contributed by atoms with van der Waals surface area (Å²) in [5.74, 6) is 1.12. The molecule has 5 nitrogen and oxygen atoms in total. The third kappa shape index (κ3) is 3.80. The van der Waals surface area contributed by atoms with Crippen LogP contribution in [0.2, 0.25) is 0 Å². The molecule has 1 aromatic rings. The van der Waals surface area contributed by atoms with E-state index < -0.39 is 0 Å². The predicted molar refractivity (Wildman–Crippen MR) is 69.2 cm³/mol. The molecule has 0 amide bonds. The SMILES string of the molecule is Cn1ccnc1CN1CCC(OCCCO)CC1. The van der Waals surface area contributed by atoms with Gasteiger partial charge in [-0.3, -0.25) is 4.90 Å². The number of aromatic nitrogens is 2. The van der Waals surface area contributed by atoms with E-state index in [-0.39, 0.29) is 6.61 Å². The van der Waals surface area contributed by atoms with E-state index in [1.807, 2.05) is 19.4 Å². The zero-order valence-corrected chi connectivity index (χ0v) is 11.1. The largest absolute Gasteiger partial charge is 0.396 e. The number of likely N-dealkylation sites (tertiary alicyclic amines) is 1. The molecule has 1 saturated heterocycles. The summed E-state index contributed by atoms with van der Waals surface area (Å²) >= 11 is 0. The fraction of sp³-hybridized carbons (Fsp3) is 0.769. The van der Waals surface area contributed by atoms with Gasteiger partial charge in [-0.25, -0.2) is 4.98 Å². The van der Waals surface area contributed by atoms with E-state index in [0.29, 0.717) is 12.7 Å². The third-order valence-corrected chi connectivity index (χ3v) is 3.48. The highest BCUT2D eigenvalue weighted by Gasteiger charge is 2.20. The number of aryl methyl sites for hydroxylation is 1. The molecule has 1 N–H and O–H groups in total. The lowest BCUT2D eigenvalue weighted by Gasteiger charge is -2.31. The normalized spacial score (nSPS) is 18.3. The van der Waals surface area contributed by atoms with Gasteiger partial charge in [0.25, 0.3) is 0 Å². The van der Waals surface area contributed by atoms with Gasteiger partial charge < -0.3 is 14.4 Å². The number of ether oxygens (including phenoxy) is 1. The average molecular weight is 253 g/mol. The van der Waals surface area contributed by atoms with E-state index in [0.717, 1.165) is 44.7 Å². The van der Waals surface area contributed by atoms with Gasteiger partial charge in [0.15, 0.2) is 0 Å². The molecule has 0 spiro atoms. The van der Waals surface area contributed by atoms with Gasteiger partial charge in [0.1, 0.15) is 5.82 Å². The number of aliphatic hydroxyl groups excluding tert-OH is 1. The number of imidazole rings is 1. The van der Waals surface area contributed by atoms with Crippen LogP contribution in [0.5, 0.6) is 0 Å². The number of aliphatic hydroxyl groups is 1. The first-order chi connectivity index (χ1) is 8.79. The quantitative estimate of drug-likeness (QED) is 0.761. The predicted octanol–water partition coefficient (Wildman–Crippen LogP) is 0.783. The van der Waals surface area contributed by atoms with E-state index in [1.165, 1.54) is 0 Å². The van der Waals surface area contributed by atoms with Gasteiger partial charge in [0, 0.05) is 45.7 Å². The number of hydrogen-bond donors (Lipinski definition) is 1. The van der Waals surface area contributed by atoms with E-state index in [1.54, 1.807) is 0 Å². The van der Waals surface area contributed by atoms with Gasteiger partial charge >= 0.3 is 0 Å². The fourth-order valence-corrected chi connectivity index (χ4v) is 2.30. The smallest absolute Gasteiger partial charge is 0.122 e. The summed E-state index contributed by atoms with van der Waals surface area (Å²) in [4.78, 5) is 6.78. The maximum atomic E-state index is 8.71. The Morgan fingerprint density at radius 3 is 2.83 bits per heavy atom. The second-order valence-corrected chi connectivity index (χ2v) is 4.88. The van der Waals surface area contributed by atoms with Crippen molar-refractivity contribution in [2.75, 3.05) is 26.3 Å². The first-order valence-electron chi connectivity index (χ1n) is 6.70. The van der Waals surface area contributed by atoms with Crippen LogP contribution in [0.25, 0.3) is 0 Å². The highest BCUT2D eigenvalue weighted by atomic mass is 16.5. The van der Waals surface area contributed by atoms with Crippen molar-refractivity contribution in [2.45, 2.75) is 31.9 Å². The van der Waals surface area contributed by atoms with E-state index in [4.69, 9.17) is 9.84 Å². The lowest BCUT2D eigenvalue weighted by Crippen LogP contribution is -2.37. The van der Waals surface area contributed by atoms with Gasteiger partial charge in [-0.1, -0.05) is 0 Å². The summed E-state index contributed by atoms with van der Waals surface area (Å²) < 4.78 is 7.80. The van der Waals surface area contributed by atoms with Crippen LogP contribution in [0.4, 0.5) is 0 Å². The Bertz CT molecular complexity index is 346. The van der Waals surface area contributed by atoms with Crippen LogP contribution in [-0.2, 0) is 18.3 Å². The van der Waals surface area contributed by atoms with Crippen LogP contribution in [0.15, 0.2) is 12.4 Å². The molecule has 0 aromatic carbocycles. The molecule has 0 aliphatic carbocycles. The Morgan fingerprint density at radius 1 is 1.44 bits per heavy atom. The minimum atomic E-state index is 0.220. The van der Waals surface area contributed by atoms with Crippen molar-refractivity contribution in [3.8, 4) is 0 Å². The van der Waals surface area contributed by atoms with Crippen molar-refractivity contribution < 1.29 is 9.84 Å². The molecule has 1 aromatic heterocycles. The second-order valence-electron chi connectivity index (χ2n) is 4.88. The van der Waals surface area contributed by atoms with Crippen LogP contribution in [0, 0.1) is 0 Å². The van der Waals surface area contributed by atoms with Crippen molar-refractivity contribution in [2.24, 2.45) is 7.05 Å². The van der Waals surface area contributed by atoms with Crippen LogP contribution < -0.4 is 0 Å². The fourth-order valence-electron chi connectivity index (χ4n) is 2.30. The first-order valence-corrected chi connectivity index (χ1v) is 6.70. The van der Waals surface area contributed by atoms with Gasteiger partial charge in [-0.2, -0.15) is 0 Å². The molecular formula is C13H23N3O2. The zero-order chi connectivity index (χ0) is 12.8. The first kappa shape index (κ1) is 13.5. The van der Waals surface area contributed by atoms with Crippen LogP contribution in [0.3, 0.4) is 0 Å². The lowest BCUT2D eigenvalue weighted by molar-refractivity contribution is 0.000225. The van der Waals surface area contributed by atoms with Gasteiger partial charge in [-0.05, 0) is 19.3 Å². The Morgan fingerprint density at radius 2 is 2.22 bits per heavy atom. The Kier molecular flexibility index (Phi) is 5.16. The van der Waals surface area contributed by atoms with Crippen molar-refractivity contribution in [1.29, 1.82) is 0 Å². The molecule has 5 heteroatoms. The molecule has 1 aliphatic rings. The number of nitrogens with zero attached hydrogens (tertiary/aromatic N) is 3. The van der Waals surface area contributed by atoms with Crippen molar-refractivity contribution in [3.05, 3.63) is 18.2 Å². The van der Waals surface area contributed by atoms with E-state index >= 15 is 0 Å². The van der Waals surface area contributed by atoms with Gasteiger partial charge in [0.05, 0.1) is 12.6 Å². The summed E-state index contributed by atoms with van der Waals surface area (Å²) in [6.45, 7) is 3.96. The molecule has 0 unspecified atom stereocenters. The molecule has 1 fully saturated rings. The Balaban J connectivity index is 1.69. The molecule has 18 heavy (non-hydrogen) atoms.